The van der Waals surface area contributed by atoms with Gasteiger partial charge in [0.05, 0.1) is 12.0 Å². The molecular formula is C12H21NO5. The molecule has 0 radical (unpaired) electrons. The first-order chi connectivity index (χ1) is 8.63. The lowest BCUT2D eigenvalue weighted by Crippen LogP contribution is -2.38. The van der Waals surface area contributed by atoms with Crippen molar-refractivity contribution in [2.24, 2.45) is 11.7 Å². The van der Waals surface area contributed by atoms with Gasteiger partial charge in [-0.15, -0.1) is 0 Å². The lowest BCUT2D eigenvalue weighted by atomic mass is 10.0. The number of ether oxygens (including phenoxy) is 3. The molecule has 3 unspecified atom stereocenters. The first-order valence-corrected chi connectivity index (χ1v) is 6.13. The number of hydrogen-bond acceptors (Lipinski definition) is 5. The van der Waals surface area contributed by atoms with Crippen molar-refractivity contribution in [1.82, 2.24) is 0 Å². The molecule has 0 amide bonds. The number of aliphatic carboxylic acids is 1. The van der Waals surface area contributed by atoms with Crippen LogP contribution in [-0.2, 0) is 19.0 Å². The van der Waals surface area contributed by atoms with E-state index in [0.717, 1.165) is 0 Å². The third kappa shape index (κ3) is 3.78. The fourth-order valence-electron chi connectivity index (χ4n) is 1.82. The van der Waals surface area contributed by atoms with E-state index in [2.05, 4.69) is 0 Å². The average molecular weight is 259 g/mol. The molecule has 0 fully saturated rings. The second-order valence-electron chi connectivity index (χ2n) is 3.91. The molecule has 1 aliphatic rings. The molecule has 0 aromatic heterocycles. The highest BCUT2D eigenvalue weighted by Gasteiger charge is 2.34. The van der Waals surface area contributed by atoms with E-state index < -0.39 is 24.3 Å². The number of carboxylic acid groups (broad SMARTS) is 1. The first kappa shape index (κ1) is 15.1. The monoisotopic (exact) mass is 259 g/mol. The molecule has 0 aliphatic carbocycles. The highest BCUT2D eigenvalue weighted by molar-refractivity contribution is 5.71. The summed E-state index contributed by atoms with van der Waals surface area (Å²) in [6.07, 6.45) is 2.06. The molecule has 1 rings (SSSR count). The van der Waals surface area contributed by atoms with Crippen molar-refractivity contribution in [3.05, 3.63) is 12.2 Å². The van der Waals surface area contributed by atoms with Crippen LogP contribution >= 0.6 is 0 Å². The van der Waals surface area contributed by atoms with Gasteiger partial charge in [0.2, 0.25) is 0 Å². The van der Waals surface area contributed by atoms with Crippen molar-refractivity contribution in [3.63, 3.8) is 0 Å². The molecule has 0 aromatic carbocycles. The Hall–Kier alpha value is -0.950. The minimum atomic E-state index is -0.961. The molecule has 6 nitrogen and oxygen atoms in total. The van der Waals surface area contributed by atoms with Gasteiger partial charge in [0.1, 0.15) is 6.10 Å². The second-order valence-corrected chi connectivity index (χ2v) is 3.91. The van der Waals surface area contributed by atoms with Gasteiger partial charge in [-0.25, -0.2) is 0 Å². The topological polar surface area (TPSA) is 91.0 Å². The zero-order valence-electron chi connectivity index (χ0n) is 10.7. The summed E-state index contributed by atoms with van der Waals surface area (Å²) in [6.45, 7) is 4.76. The van der Waals surface area contributed by atoms with Gasteiger partial charge < -0.3 is 25.1 Å². The summed E-state index contributed by atoms with van der Waals surface area (Å²) < 4.78 is 16.4. The summed E-state index contributed by atoms with van der Waals surface area (Å²) in [5, 5.41) is 9.01. The minimum absolute atomic E-state index is 0.0327. The summed E-state index contributed by atoms with van der Waals surface area (Å²) in [6, 6.07) is 0. The van der Waals surface area contributed by atoms with Crippen LogP contribution in [0.15, 0.2) is 12.2 Å². The van der Waals surface area contributed by atoms with E-state index >= 15 is 0 Å². The Kier molecular flexibility index (Phi) is 6.28. The lowest BCUT2D eigenvalue weighted by Gasteiger charge is -2.25. The smallest absolute Gasteiger partial charge is 0.310 e. The minimum Gasteiger partial charge on any atom is -0.481 e. The van der Waals surface area contributed by atoms with Crippen LogP contribution < -0.4 is 5.73 Å². The fraction of sp³-hybridized carbons (Fsp3) is 0.750. The summed E-state index contributed by atoms with van der Waals surface area (Å²) >= 11 is 0. The molecule has 0 saturated carbocycles. The molecule has 0 bridgehead atoms. The number of hydrogen-bond donors (Lipinski definition) is 2. The van der Waals surface area contributed by atoms with E-state index in [1.807, 2.05) is 13.8 Å². The van der Waals surface area contributed by atoms with Crippen molar-refractivity contribution in [2.75, 3.05) is 19.8 Å². The molecule has 1 heterocycles. The zero-order valence-corrected chi connectivity index (χ0v) is 10.7. The van der Waals surface area contributed by atoms with Crippen LogP contribution in [0.5, 0.6) is 0 Å². The van der Waals surface area contributed by atoms with Crippen LogP contribution in [0, 0.1) is 5.92 Å². The quantitative estimate of drug-likeness (QED) is 0.483. The average Bonchev–Trinajstić information content (AvgIpc) is 2.78. The van der Waals surface area contributed by atoms with Gasteiger partial charge in [-0.05, 0) is 13.8 Å². The highest BCUT2D eigenvalue weighted by atomic mass is 16.7. The fourth-order valence-corrected chi connectivity index (χ4v) is 1.82. The maximum Gasteiger partial charge on any atom is 0.310 e. The molecule has 3 atom stereocenters. The summed E-state index contributed by atoms with van der Waals surface area (Å²) in [5.41, 5.74) is 5.44. The van der Waals surface area contributed by atoms with Gasteiger partial charge in [0.25, 0.3) is 0 Å². The maximum absolute atomic E-state index is 11.0. The summed E-state index contributed by atoms with van der Waals surface area (Å²) in [5.74, 6) is -1.70. The molecular weight excluding hydrogens is 238 g/mol. The third-order valence-electron chi connectivity index (χ3n) is 2.70. The SMILES string of the molecule is CCOC(OCC)C1C=CC(C(CN)C(=O)O)O1. The van der Waals surface area contributed by atoms with E-state index in [4.69, 9.17) is 25.1 Å². The number of carboxylic acids is 1. The lowest BCUT2D eigenvalue weighted by molar-refractivity contribution is -0.196. The molecule has 104 valence electrons. The molecule has 3 N–H and O–H groups in total. The van der Waals surface area contributed by atoms with E-state index in [1.54, 1.807) is 12.2 Å². The Morgan fingerprint density at radius 3 is 2.33 bits per heavy atom. The van der Waals surface area contributed by atoms with Crippen LogP contribution in [0.2, 0.25) is 0 Å². The van der Waals surface area contributed by atoms with Crippen molar-refractivity contribution in [1.29, 1.82) is 0 Å². The second kappa shape index (κ2) is 7.48. The Morgan fingerprint density at radius 1 is 1.33 bits per heavy atom. The largest absolute Gasteiger partial charge is 0.481 e. The van der Waals surface area contributed by atoms with Gasteiger partial charge in [-0.1, -0.05) is 12.2 Å². The van der Waals surface area contributed by atoms with E-state index in [0.29, 0.717) is 13.2 Å². The number of rotatable bonds is 8. The third-order valence-corrected chi connectivity index (χ3v) is 2.70. The summed E-state index contributed by atoms with van der Waals surface area (Å²) in [4.78, 5) is 11.0. The van der Waals surface area contributed by atoms with Gasteiger partial charge in [-0.2, -0.15) is 0 Å². The normalized spacial score (nSPS) is 24.7. The highest BCUT2D eigenvalue weighted by Crippen LogP contribution is 2.22. The molecule has 0 aromatic rings. The summed E-state index contributed by atoms with van der Waals surface area (Å²) in [7, 11) is 0. The van der Waals surface area contributed by atoms with Gasteiger partial charge in [0.15, 0.2) is 6.29 Å². The first-order valence-electron chi connectivity index (χ1n) is 6.13. The Balaban J connectivity index is 2.59. The standard InChI is InChI=1S/C12H21NO5/c1-3-16-12(17-4-2)10-6-5-9(18-10)8(7-13)11(14)15/h5-6,8-10,12H,3-4,7,13H2,1-2H3,(H,14,15). The van der Waals surface area contributed by atoms with E-state index in [-0.39, 0.29) is 12.6 Å². The van der Waals surface area contributed by atoms with Crippen LogP contribution in [-0.4, -0.2) is 49.3 Å². The zero-order chi connectivity index (χ0) is 13.5. The number of nitrogens with two attached hydrogens (primary N) is 1. The maximum atomic E-state index is 11.0. The Bertz CT molecular complexity index is 288. The molecule has 1 aliphatic heterocycles. The number of carbonyl (C=O) groups is 1. The van der Waals surface area contributed by atoms with Crippen molar-refractivity contribution in [3.8, 4) is 0 Å². The predicted molar refractivity (Wildman–Crippen MR) is 65.0 cm³/mol. The molecule has 18 heavy (non-hydrogen) atoms. The van der Waals surface area contributed by atoms with Crippen LogP contribution in [0.25, 0.3) is 0 Å². The van der Waals surface area contributed by atoms with Crippen molar-refractivity contribution >= 4 is 5.97 Å². The van der Waals surface area contributed by atoms with Gasteiger partial charge >= 0.3 is 5.97 Å². The van der Waals surface area contributed by atoms with Crippen molar-refractivity contribution < 1.29 is 24.1 Å². The Labute approximate surface area is 107 Å². The van der Waals surface area contributed by atoms with E-state index in [1.165, 1.54) is 0 Å². The van der Waals surface area contributed by atoms with Gasteiger partial charge in [-0.3, -0.25) is 4.79 Å². The van der Waals surface area contributed by atoms with E-state index in [9.17, 15) is 4.79 Å². The van der Waals surface area contributed by atoms with Crippen LogP contribution in [0.1, 0.15) is 13.8 Å². The molecule has 6 heteroatoms. The Morgan fingerprint density at radius 2 is 1.89 bits per heavy atom. The van der Waals surface area contributed by atoms with Gasteiger partial charge in [0, 0.05) is 19.8 Å². The molecule has 0 spiro atoms. The van der Waals surface area contributed by atoms with Crippen LogP contribution in [0.4, 0.5) is 0 Å². The van der Waals surface area contributed by atoms with Crippen molar-refractivity contribution in [2.45, 2.75) is 32.3 Å². The van der Waals surface area contributed by atoms with Crippen LogP contribution in [0.3, 0.4) is 0 Å². The predicted octanol–water partition coefficient (Wildman–Crippen LogP) is 0.369. The molecule has 0 saturated heterocycles.